The molecule has 0 saturated heterocycles. The van der Waals surface area contributed by atoms with Crippen molar-refractivity contribution >= 4 is 23.4 Å². The number of benzene rings is 1. The molecule has 0 amide bonds. The van der Waals surface area contributed by atoms with Crippen LogP contribution in [-0.2, 0) is 11.3 Å². The highest BCUT2D eigenvalue weighted by Gasteiger charge is 2.05. The van der Waals surface area contributed by atoms with Gasteiger partial charge in [0.05, 0.1) is 6.61 Å². The van der Waals surface area contributed by atoms with Crippen molar-refractivity contribution in [2.75, 3.05) is 32.6 Å². The lowest BCUT2D eigenvalue weighted by atomic mass is 10.2. The van der Waals surface area contributed by atoms with Gasteiger partial charge in [-0.25, -0.2) is 0 Å². The molecular weight excluding hydrogens is 282 g/mol. The molecule has 3 nitrogen and oxygen atoms in total. The molecule has 0 radical (unpaired) electrons. The molecule has 0 spiro atoms. The van der Waals surface area contributed by atoms with E-state index in [2.05, 4.69) is 11.4 Å². The molecule has 1 atom stereocenters. The molecule has 1 unspecified atom stereocenters. The molecule has 0 saturated carbocycles. The lowest BCUT2D eigenvalue weighted by Crippen LogP contribution is -2.18. The first-order valence-corrected chi connectivity index (χ1v) is 7.75. The van der Waals surface area contributed by atoms with Crippen LogP contribution in [0.1, 0.15) is 12.5 Å². The normalized spacial score (nSPS) is 12.6. The second kappa shape index (κ2) is 9.61. The van der Waals surface area contributed by atoms with E-state index in [1.54, 1.807) is 18.9 Å². The summed E-state index contributed by atoms with van der Waals surface area (Å²) in [5.74, 6) is 1.21. The number of thioether (sulfide) groups is 1. The van der Waals surface area contributed by atoms with Crippen LogP contribution in [0.2, 0.25) is 5.02 Å². The lowest BCUT2D eigenvalue weighted by Gasteiger charge is -2.10. The zero-order valence-corrected chi connectivity index (χ0v) is 13.1. The molecule has 19 heavy (non-hydrogen) atoms. The van der Waals surface area contributed by atoms with Gasteiger partial charge < -0.3 is 15.2 Å². The van der Waals surface area contributed by atoms with Crippen molar-refractivity contribution < 1.29 is 9.84 Å². The second-order valence-electron chi connectivity index (χ2n) is 4.52. The minimum atomic E-state index is 0.224. The molecule has 0 aromatic heterocycles. The summed E-state index contributed by atoms with van der Waals surface area (Å²) in [6.07, 6.45) is 0. The Bertz CT molecular complexity index is 376. The van der Waals surface area contributed by atoms with Crippen LogP contribution in [0, 0.1) is 5.92 Å². The summed E-state index contributed by atoms with van der Waals surface area (Å²) in [5.41, 5.74) is 1.09. The lowest BCUT2D eigenvalue weighted by molar-refractivity contribution is 0.199. The SMILES string of the molecule is COCCNCc1ccc(SCC(C)CO)cc1Cl. The fraction of sp³-hybridized carbons (Fsp3) is 0.571. The molecule has 0 fully saturated rings. The van der Waals surface area contributed by atoms with Crippen LogP contribution in [0.5, 0.6) is 0 Å². The molecular formula is C14H22ClNO2S. The van der Waals surface area contributed by atoms with Gasteiger partial charge in [-0.15, -0.1) is 11.8 Å². The first-order chi connectivity index (χ1) is 9.17. The van der Waals surface area contributed by atoms with Crippen LogP contribution in [0.25, 0.3) is 0 Å². The predicted molar refractivity (Wildman–Crippen MR) is 82.0 cm³/mol. The summed E-state index contributed by atoms with van der Waals surface area (Å²) < 4.78 is 4.97. The Morgan fingerprint density at radius 1 is 1.47 bits per heavy atom. The van der Waals surface area contributed by atoms with Crippen molar-refractivity contribution in [1.82, 2.24) is 5.32 Å². The van der Waals surface area contributed by atoms with E-state index in [-0.39, 0.29) is 6.61 Å². The molecule has 1 rings (SSSR count). The first-order valence-electron chi connectivity index (χ1n) is 6.39. The van der Waals surface area contributed by atoms with Crippen molar-refractivity contribution in [3.63, 3.8) is 0 Å². The Hall–Kier alpha value is -0.260. The molecule has 5 heteroatoms. The maximum Gasteiger partial charge on any atom is 0.0587 e. The Labute approximate surface area is 124 Å². The number of ether oxygens (including phenoxy) is 1. The van der Waals surface area contributed by atoms with E-state index < -0.39 is 0 Å². The van der Waals surface area contributed by atoms with E-state index in [0.717, 1.165) is 34.3 Å². The average Bonchev–Trinajstić information content (AvgIpc) is 2.42. The van der Waals surface area contributed by atoms with Gasteiger partial charge in [-0.1, -0.05) is 24.6 Å². The standard InChI is InChI=1S/C14H22ClNO2S/c1-11(9-17)10-19-13-4-3-12(14(15)7-13)8-16-5-6-18-2/h3-4,7,11,16-17H,5-6,8-10H2,1-2H3. The number of nitrogens with one attached hydrogen (secondary N) is 1. The number of halogens is 1. The van der Waals surface area contributed by atoms with Gasteiger partial charge in [0.15, 0.2) is 0 Å². The molecule has 0 aliphatic carbocycles. The Kier molecular flexibility index (Phi) is 8.50. The van der Waals surface area contributed by atoms with E-state index >= 15 is 0 Å². The van der Waals surface area contributed by atoms with Crippen LogP contribution in [0.15, 0.2) is 23.1 Å². The van der Waals surface area contributed by atoms with Crippen molar-refractivity contribution in [2.45, 2.75) is 18.4 Å². The zero-order valence-electron chi connectivity index (χ0n) is 11.5. The van der Waals surface area contributed by atoms with Crippen LogP contribution < -0.4 is 5.32 Å². The summed E-state index contributed by atoms with van der Waals surface area (Å²) in [5, 5.41) is 13.1. The highest BCUT2D eigenvalue weighted by Crippen LogP contribution is 2.26. The van der Waals surface area contributed by atoms with Crippen LogP contribution in [-0.4, -0.2) is 37.7 Å². The Morgan fingerprint density at radius 3 is 2.89 bits per heavy atom. The highest BCUT2D eigenvalue weighted by atomic mass is 35.5. The van der Waals surface area contributed by atoms with Crippen LogP contribution in [0.4, 0.5) is 0 Å². The number of aliphatic hydroxyl groups is 1. The van der Waals surface area contributed by atoms with Crippen molar-refractivity contribution in [3.05, 3.63) is 28.8 Å². The average molecular weight is 304 g/mol. The van der Waals surface area contributed by atoms with Crippen molar-refractivity contribution in [3.8, 4) is 0 Å². The van der Waals surface area contributed by atoms with E-state index in [0.29, 0.717) is 12.5 Å². The fourth-order valence-corrected chi connectivity index (χ4v) is 2.71. The minimum absolute atomic E-state index is 0.224. The first kappa shape index (κ1) is 16.8. The third-order valence-corrected chi connectivity index (χ3v) is 4.34. The number of methoxy groups -OCH3 is 1. The number of rotatable bonds is 9. The topological polar surface area (TPSA) is 41.5 Å². The number of hydrogen-bond acceptors (Lipinski definition) is 4. The van der Waals surface area contributed by atoms with Gasteiger partial charge in [0.2, 0.25) is 0 Å². The molecule has 2 N–H and O–H groups in total. The van der Waals surface area contributed by atoms with Gasteiger partial charge in [0.1, 0.15) is 0 Å². The number of aliphatic hydroxyl groups excluding tert-OH is 1. The predicted octanol–water partition coefficient (Wildman–Crippen LogP) is 2.80. The maximum absolute atomic E-state index is 8.99. The summed E-state index contributed by atoms with van der Waals surface area (Å²) in [6, 6.07) is 6.12. The minimum Gasteiger partial charge on any atom is -0.396 e. The van der Waals surface area contributed by atoms with Gasteiger partial charge in [0.25, 0.3) is 0 Å². The summed E-state index contributed by atoms with van der Waals surface area (Å²) >= 11 is 7.98. The van der Waals surface area contributed by atoms with E-state index in [4.69, 9.17) is 21.4 Å². The van der Waals surface area contributed by atoms with E-state index in [1.165, 1.54) is 0 Å². The van der Waals surface area contributed by atoms with Gasteiger partial charge in [-0.2, -0.15) is 0 Å². The molecule has 0 bridgehead atoms. The summed E-state index contributed by atoms with van der Waals surface area (Å²) in [4.78, 5) is 1.14. The third kappa shape index (κ3) is 6.63. The quantitative estimate of drug-likeness (QED) is 0.544. The molecule has 0 aliphatic heterocycles. The maximum atomic E-state index is 8.99. The van der Waals surface area contributed by atoms with Crippen molar-refractivity contribution in [1.29, 1.82) is 0 Å². The van der Waals surface area contributed by atoms with Crippen LogP contribution >= 0.6 is 23.4 Å². The Morgan fingerprint density at radius 2 is 2.26 bits per heavy atom. The van der Waals surface area contributed by atoms with E-state index in [1.807, 2.05) is 19.1 Å². The molecule has 108 valence electrons. The Balaban J connectivity index is 2.45. The molecule has 1 aromatic rings. The van der Waals surface area contributed by atoms with E-state index in [9.17, 15) is 0 Å². The molecule has 1 aromatic carbocycles. The summed E-state index contributed by atoms with van der Waals surface area (Å²) in [7, 11) is 1.69. The fourth-order valence-electron chi connectivity index (χ4n) is 1.45. The van der Waals surface area contributed by atoms with Gasteiger partial charge in [0, 0.05) is 42.5 Å². The van der Waals surface area contributed by atoms with Crippen molar-refractivity contribution in [2.24, 2.45) is 5.92 Å². The van der Waals surface area contributed by atoms with Gasteiger partial charge in [-0.3, -0.25) is 0 Å². The number of hydrogen-bond donors (Lipinski definition) is 2. The monoisotopic (exact) mass is 303 g/mol. The smallest absolute Gasteiger partial charge is 0.0587 e. The van der Waals surface area contributed by atoms with Gasteiger partial charge >= 0.3 is 0 Å². The molecule has 0 heterocycles. The summed E-state index contributed by atoms with van der Waals surface area (Å²) in [6.45, 7) is 4.52. The van der Waals surface area contributed by atoms with Gasteiger partial charge in [-0.05, 0) is 23.6 Å². The zero-order chi connectivity index (χ0) is 14.1. The third-order valence-electron chi connectivity index (χ3n) is 2.67. The van der Waals surface area contributed by atoms with Crippen LogP contribution in [0.3, 0.4) is 0 Å². The highest BCUT2D eigenvalue weighted by molar-refractivity contribution is 7.99. The largest absolute Gasteiger partial charge is 0.396 e. The second-order valence-corrected chi connectivity index (χ2v) is 6.02. The molecule has 0 aliphatic rings.